The van der Waals surface area contributed by atoms with Gasteiger partial charge in [0.25, 0.3) is 0 Å². The molecule has 0 unspecified atom stereocenters. The number of aromatic hydroxyl groups is 1. The average molecular weight is 256 g/mol. The van der Waals surface area contributed by atoms with Crippen molar-refractivity contribution in [3.8, 4) is 11.5 Å². The molecule has 0 saturated carbocycles. The van der Waals surface area contributed by atoms with E-state index in [9.17, 15) is 14.7 Å². The van der Waals surface area contributed by atoms with E-state index in [4.69, 9.17) is 9.84 Å². The number of aromatic carboxylic acids is 1. The van der Waals surface area contributed by atoms with Gasteiger partial charge in [-0.15, -0.1) is 0 Å². The van der Waals surface area contributed by atoms with Crippen molar-refractivity contribution < 1.29 is 24.5 Å². The van der Waals surface area contributed by atoms with Crippen LogP contribution >= 0.6 is 11.8 Å². The molecule has 2 N–H and O–H groups in total. The summed E-state index contributed by atoms with van der Waals surface area (Å²) in [5, 5.41) is 18.1. The first-order valence-corrected chi connectivity index (χ1v) is 6.20. The van der Waals surface area contributed by atoms with Crippen molar-refractivity contribution in [2.75, 3.05) is 12.0 Å². The first-order chi connectivity index (χ1) is 8.04. The van der Waals surface area contributed by atoms with Gasteiger partial charge in [-0.25, -0.2) is 4.79 Å². The second kappa shape index (κ2) is 6.15. The third-order valence-corrected chi connectivity index (χ3v) is 2.55. The van der Waals surface area contributed by atoms with E-state index < -0.39 is 17.7 Å². The van der Waals surface area contributed by atoms with Crippen LogP contribution in [-0.2, 0) is 4.79 Å². The lowest BCUT2D eigenvalue weighted by Crippen LogP contribution is -2.09. The Morgan fingerprint density at radius 3 is 2.65 bits per heavy atom. The number of hydrogen-bond acceptors (Lipinski definition) is 5. The number of hydrogen-bond donors (Lipinski definition) is 2. The van der Waals surface area contributed by atoms with Crippen LogP contribution in [-0.4, -0.2) is 34.2 Å². The SMILES string of the molecule is CSCCC(=O)Oc1ccc(C(=O)O)c(O)c1. The van der Waals surface area contributed by atoms with Gasteiger partial charge in [0.05, 0.1) is 6.42 Å². The third kappa shape index (κ3) is 3.99. The summed E-state index contributed by atoms with van der Waals surface area (Å²) in [6, 6.07) is 3.63. The van der Waals surface area contributed by atoms with Crippen molar-refractivity contribution in [1.29, 1.82) is 0 Å². The molecule has 0 aromatic heterocycles. The molecule has 0 aliphatic rings. The number of rotatable bonds is 5. The number of carbonyl (C=O) groups is 2. The topological polar surface area (TPSA) is 83.8 Å². The second-order valence-electron chi connectivity index (χ2n) is 3.20. The van der Waals surface area contributed by atoms with E-state index in [1.54, 1.807) is 0 Å². The van der Waals surface area contributed by atoms with Crippen LogP contribution in [0.2, 0.25) is 0 Å². The fourth-order valence-corrected chi connectivity index (χ4v) is 1.49. The van der Waals surface area contributed by atoms with Gasteiger partial charge in [-0.05, 0) is 18.4 Å². The predicted molar refractivity (Wildman–Crippen MR) is 63.7 cm³/mol. The normalized spacial score (nSPS) is 9.94. The molecule has 0 spiro atoms. The molecular weight excluding hydrogens is 244 g/mol. The molecule has 0 aliphatic heterocycles. The monoisotopic (exact) mass is 256 g/mol. The molecule has 0 atom stereocenters. The van der Waals surface area contributed by atoms with Crippen LogP contribution in [0.4, 0.5) is 0 Å². The van der Waals surface area contributed by atoms with Gasteiger partial charge >= 0.3 is 11.9 Å². The van der Waals surface area contributed by atoms with Gasteiger partial charge in [0, 0.05) is 11.8 Å². The van der Waals surface area contributed by atoms with Gasteiger partial charge < -0.3 is 14.9 Å². The summed E-state index contributed by atoms with van der Waals surface area (Å²) < 4.78 is 4.93. The summed E-state index contributed by atoms with van der Waals surface area (Å²) in [5.74, 6) is -1.28. The lowest BCUT2D eigenvalue weighted by Gasteiger charge is -2.05. The Hall–Kier alpha value is -1.69. The van der Waals surface area contributed by atoms with Crippen molar-refractivity contribution in [3.05, 3.63) is 23.8 Å². The highest BCUT2D eigenvalue weighted by molar-refractivity contribution is 7.98. The highest BCUT2D eigenvalue weighted by Gasteiger charge is 2.11. The van der Waals surface area contributed by atoms with Crippen molar-refractivity contribution in [3.63, 3.8) is 0 Å². The summed E-state index contributed by atoms with van der Waals surface area (Å²) >= 11 is 1.52. The molecule has 0 aliphatic carbocycles. The average Bonchev–Trinajstić information content (AvgIpc) is 2.26. The van der Waals surface area contributed by atoms with Crippen LogP contribution < -0.4 is 4.74 Å². The van der Waals surface area contributed by atoms with E-state index in [0.717, 1.165) is 6.07 Å². The third-order valence-electron chi connectivity index (χ3n) is 1.94. The zero-order chi connectivity index (χ0) is 12.8. The Balaban J connectivity index is 2.70. The molecule has 0 bridgehead atoms. The Bertz CT molecular complexity index is 430. The Labute approximate surface area is 102 Å². The number of thioether (sulfide) groups is 1. The van der Waals surface area contributed by atoms with Crippen molar-refractivity contribution in [2.45, 2.75) is 6.42 Å². The largest absolute Gasteiger partial charge is 0.507 e. The van der Waals surface area contributed by atoms with E-state index in [1.807, 2.05) is 6.26 Å². The molecule has 0 heterocycles. The zero-order valence-corrected chi connectivity index (χ0v) is 9.99. The lowest BCUT2D eigenvalue weighted by atomic mass is 10.2. The summed E-state index contributed by atoms with van der Waals surface area (Å²) in [5.41, 5.74) is -0.228. The minimum Gasteiger partial charge on any atom is -0.507 e. The van der Waals surface area contributed by atoms with Crippen LogP contribution in [0.25, 0.3) is 0 Å². The van der Waals surface area contributed by atoms with Crippen LogP contribution in [0.15, 0.2) is 18.2 Å². The van der Waals surface area contributed by atoms with Crippen molar-refractivity contribution >= 4 is 23.7 Å². The maximum atomic E-state index is 11.3. The number of carboxylic acids is 1. The molecule has 0 saturated heterocycles. The molecule has 1 rings (SSSR count). The summed E-state index contributed by atoms with van der Waals surface area (Å²) in [6.07, 6.45) is 2.14. The Morgan fingerprint density at radius 2 is 2.12 bits per heavy atom. The van der Waals surface area contributed by atoms with Gasteiger partial charge in [-0.2, -0.15) is 11.8 Å². The predicted octanol–water partition coefficient (Wildman–Crippen LogP) is 1.75. The first-order valence-electron chi connectivity index (χ1n) is 4.80. The number of esters is 1. The maximum absolute atomic E-state index is 11.3. The summed E-state index contributed by atoms with van der Waals surface area (Å²) in [4.78, 5) is 21.9. The number of benzene rings is 1. The summed E-state index contributed by atoms with van der Waals surface area (Å²) in [6.45, 7) is 0. The van der Waals surface area contributed by atoms with Gasteiger partial charge in [0.2, 0.25) is 0 Å². The molecule has 0 amide bonds. The molecule has 1 aromatic rings. The molecular formula is C11H12O5S. The van der Waals surface area contributed by atoms with Gasteiger partial charge in [0.1, 0.15) is 17.1 Å². The van der Waals surface area contributed by atoms with Gasteiger partial charge in [-0.1, -0.05) is 0 Å². The molecule has 0 radical (unpaired) electrons. The van der Waals surface area contributed by atoms with E-state index in [2.05, 4.69) is 0 Å². The fourth-order valence-electron chi connectivity index (χ4n) is 1.12. The minimum atomic E-state index is -1.23. The van der Waals surface area contributed by atoms with Gasteiger partial charge in [0.15, 0.2) is 0 Å². The van der Waals surface area contributed by atoms with Crippen LogP contribution in [0.5, 0.6) is 11.5 Å². The Kier molecular flexibility index (Phi) is 4.84. The number of carboxylic acid groups (broad SMARTS) is 1. The van der Waals surface area contributed by atoms with Gasteiger partial charge in [-0.3, -0.25) is 4.79 Å². The maximum Gasteiger partial charge on any atom is 0.339 e. The van der Waals surface area contributed by atoms with Crippen LogP contribution in [0.1, 0.15) is 16.8 Å². The molecule has 6 heteroatoms. The fraction of sp³-hybridized carbons (Fsp3) is 0.273. The van der Waals surface area contributed by atoms with Crippen LogP contribution in [0, 0.1) is 0 Å². The second-order valence-corrected chi connectivity index (χ2v) is 4.19. The van der Waals surface area contributed by atoms with Crippen molar-refractivity contribution in [1.82, 2.24) is 0 Å². The first kappa shape index (κ1) is 13.4. The smallest absolute Gasteiger partial charge is 0.339 e. The van der Waals surface area contributed by atoms with Crippen LogP contribution in [0.3, 0.4) is 0 Å². The molecule has 5 nitrogen and oxygen atoms in total. The van der Waals surface area contributed by atoms with E-state index in [0.29, 0.717) is 5.75 Å². The number of carbonyl (C=O) groups excluding carboxylic acids is 1. The van der Waals surface area contributed by atoms with E-state index >= 15 is 0 Å². The van der Waals surface area contributed by atoms with E-state index in [-0.39, 0.29) is 17.7 Å². The standard InChI is InChI=1S/C11H12O5S/c1-17-5-4-10(13)16-7-2-3-8(11(14)15)9(12)6-7/h2-3,6,12H,4-5H2,1H3,(H,14,15). The molecule has 1 aromatic carbocycles. The molecule has 0 fully saturated rings. The molecule has 17 heavy (non-hydrogen) atoms. The van der Waals surface area contributed by atoms with Crippen molar-refractivity contribution in [2.24, 2.45) is 0 Å². The zero-order valence-electron chi connectivity index (χ0n) is 9.17. The lowest BCUT2D eigenvalue weighted by molar-refractivity contribution is -0.133. The minimum absolute atomic E-state index is 0.138. The molecule has 92 valence electrons. The number of ether oxygens (including phenoxy) is 1. The quantitative estimate of drug-likeness (QED) is 0.616. The highest BCUT2D eigenvalue weighted by Crippen LogP contribution is 2.23. The summed E-state index contributed by atoms with van der Waals surface area (Å²) in [7, 11) is 0. The highest BCUT2D eigenvalue weighted by atomic mass is 32.2. The Morgan fingerprint density at radius 1 is 1.41 bits per heavy atom. The number of phenols is 1. The van der Waals surface area contributed by atoms with E-state index in [1.165, 1.54) is 23.9 Å².